The largest absolute Gasteiger partial charge is 0.487 e. The van der Waals surface area contributed by atoms with Gasteiger partial charge in [-0.15, -0.1) is 0 Å². The van der Waals surface area contributed by atoms with E-state index in [1.165, 1.54) is 12.1 Å². The highest BCUT2D eigenvalue weighted by molar-refractivity contribution is 5.43. The fourth-order valence-corrected chi connectivity index (χ4v) is 1.98. The molecular weight excluding hydrogens is 412 g/mol. The van der Waals surface area contributed by atoms with E-state index in [1.807, 2.05) is 6.92 Å². The van der Waals surface area contributed by atoms with E-state index in [0.29, 0.717) is 5.69 Å². The Kier molecular flexibility index (Phi) is 6.49. The first-order valence-corrected chi connectivity index (χ1v) is 8.00. The number of hydrogen-bond acceptors (Lipinski definition) is 3. The normalized spacial score (nSPS) is 13.3. The van der Waals surface area contributed by atoms with E-state index in [0.717, 1.165) is 17.7 Å². The Morgan fingerprint density at radius 3 is 1.69 bits per heavy atom. The van der Waals surface area contributed by atoms with E-state index < -0.39 is 30.8 Å². The fraction of sp³-hybridized carbons (Fsp3) is 0.333. The lowest BCUT2D eigenvalue weighted by Gasteiger charge is -2.31. The van der Waals surface area contributed by atoms with Gasteiger partial charge in [-0.25, -0.2) is 8.78 Å². The van der Waals surface area contributed by atoms with Crippen molar-refractivity contribution in [2.24, 2.45) is 10.2 Å². The van der Waals surface area contributed by atoms with E-state index in [2.05, 4.69) is 15.0 Å². The number of nitrogens with zero attached hydrogens (tertiary/aromatic N) is 2. The molecular formula is C18H14F8N2O. The van der Waals surface area contributed by atoms with Gasteiger partial charge in [0, 0.05) is 0 Å². The summed E-state index contributed by atoms with van der Waals surface area (Å²) in [6, 6.07) is 11.6. The molecule has 158 valence electrons. The van der Waals surface area contributed by atoms with Crippen LogP contribution in [0.1, 0.15) is 5.56 Å². The molecule has 11 heteroatoms. The molecule has 0 aliphatic heterocycles. The highest BCUT2D eigenvalue weighted by Gasteiger charge is 2.75. The molecule has 2 rings (SSSR count). The summed E-state index contributed by atoms with van der Waals surface area (Å²) >= 11 is 0. The second-order valence-electron chi connectivity index (χ2n) is 6.02. The first-order valence-electron chi connectivity index (χ1n) is 8.00. The predicted octanol–water partition coefficient (Wildman–Crippen LogP) is 6.96. The summed E-state index contributed by atoms with van der Waals surface area (Å²) in [6.45, 7) is -0.347. The second kappa shape index (κ2) is 8.34. The van der Waals surface area contributed by atoms with Crippen molar-refractivity contribution in [1.29, 1.82) is 0 Å². The zero-order chi connectivity index (χ0) is 21.9. The van der Waals surface area contributed by atoms with Crippen LogP contribution in [-0.4, -0.2) is 30.8 Å². The number of hydrogen-bond donors (Lipinski definition) is 0. The molecule has 0 heterocycles. The first-order chi connectivity index (χ1) is 13.4. The van der Waals surface area contributed by atoms with Crippen LogP contribution in [0, 0.1) is 6.92 Å². The summed E-state index contributed by atoms with van der Waals surface area (Å²) in [5, 5.41) is 7.78. The summed E-state index contributed by atoms with van der Waals surface area (Å²) < 4.78 is 107. The molecule has 0 spiro atoms. The van der Waals surface area contributed by atoms with Crippen molar-refractivity contribution in [1.82, 2.24) is 0 Å². The molecule has 29 heavy (non-hydrogen) atoms. The number of halogens is 8. The van der Waals surface area contributed by atoms with Crippen molar-refractivity contribution in [3.05, 3.63) is 54.1 Å². The summed E-state index contributed by atoms with van der Waals surface area (Å²) in [6.07, 6.45) is -4.97. The van der Waals surface area contributed by atoms with Crippen molar-refractivity contribution in [2.45, 2.75) is 31.1 Å². The molecule has 0 bridgehead atoms. The highest BCUT2D eigenvalue weighted by Crippen LogP contribution is 2.48. The summed E-state index contributed by atoms with van der Waals surface area (Å²) in [5.41, 5.74) is 1.82. The molecule has 0 atom stereocenters. The molecule has 0 unspecified atom stereocenters. The monoisotopic (exact) mass is 426 g/mol. The minimum atomic E-state index is -6.31. The number of alkyl halides is 8. The van der Waals surface area contributed by atoms with E-state index in [4.69, 9.17) is 0 Å². The second-order valence-corrected chi connectivity index (χ2v) is 6.02. The lowest BCUT2D eigenvalue weighted by molar-refractivity contribution is -0.342. The SMILES string of the molecule is Cc1ccc(/N=N/c2ccc(OCC(F)(F)C(F)(F)C(F)(F)C(F)F)cc2)cc1. The molecule has 0 aliphatic carbocycles. The maximum absolute atomic E-state index is 13.4. The van der Waals surface area contributed by atoms with Gasteiger partial charge in [-0.2, -0.15) is 36.6 Å². The summed E-state index contributed by atoms with van der Waals surface area (Å²) in [4.78, 5) is 0. The quantitative estimate of drug-likeness (QED) is 0.332. The van der Waals surface area contributed by atoms with Crippen LogP contribution >= 0.6 is 0 Å². The van der Waals surface area contributed by atoms with Crippen molar-refractivity contribution >= 4 is 11.4 Å². The van der Waals surface area contributed by atoms with Crippen LogP contribution in [-0.2, 0) is 0 Å². The fourth-order valence-electron chi connectivity index (χ4n) is 1.98. The first kappa shape index (κ1) is 22.6. The number of rotatable bonds is 8. The third-order valence-electron chi connectivity index (χ3n) is 3.72. The molecule has 0 N–H and O–H groups in total. The van der Waals surface area contributed by atoms with Gasteiger partial charge in [0.1, 0.15) is 5.75 Å². The lowest BCUT2D eigenvalue weighted by Crippen LogP contribution is -2.59. The van der Waals surface area contributed by atoms with Crippen molar-refractivity contribution < 1.29 is 39.9 Å². The number of aryl methyl sites for hydroxylation is 1. The average Bonchev–Trinajstić information content (AvgIpc) is 2.66. The van der Waals surface area contributed by atoms with Gasteiger partial charge in [0.2, 0.25) is 0 Å². The lowest BCUT2D eigenvalue weighted by atomic mass is 10.1. The van der Waals surface area contributed by atoms with Crippen LogP contribution in [0.2, 0.25) is 0 Å². The molecule has 0 aromatic heterocycles. The van der Waals surface area contributed by atoms with Gasteiger partial charge in [-0.1, -0.05) is 17.7 Å². The smallest absolute Gasteiger partial charge is 0.381 e. The predicted molar refractivity (Wildman–Crippen MR) is 88.1 cm³/mol. The van der Waals surface area contributed by atoms with Gasteiger partial charge in [0.05, 0.1) is 11.4 Å². The Labute approximate surface area is 160 Å². The third kappa shape index (κ3) is 5.01. The third-order valence-corrected chi connectivity index (χ3v) is 3.72. The zero-order valence-electron chi connectivity index (χ0n) is 14.7. The Morgan fingerprint density at radius 2 is 1.24 bits per heavy atom. The van der Waals surface area contributed by atoms with Crippen LogP contribution in [0.15, 0.2) is 58.8 Å². The maximum atomic E-state index is 13.4. The summed E-state index contributed by atoms with van der Waals surface area (Å²) in [7, 11) is 0. The van der Waals surface area contributed by atoms with E-state index in [-0.39, 0.29) is 11.4 Å². The van der Waals surface area contributed by atoms with E-state index in [1.54, 1.807) is 24.3 Å². The van der Waals surface area contributed by atoms with Crippen molar-refractivity contribution in [3.63, 3.8) is 0 Å². The summed E-state index contributed by atoms with van der Waals surface area (Å²) in [5.74, 6) is -18.5. The zero-order valence-corrected chi connectivity index (χ0v) is 14.7. The Balaban J connectivity index is 2.03. The highest BCUT2D eigenvalue weighted by atomic mass is 19.4. The van der Waals surface area contributed by atoms with E-state index in [9.17, 15) is 35.1 Å². The van der Waals surface area contributed by atoms with Crippen LogP contribution in [0.4, 0.5) is 46.5 Å². The Bertz CT molecular complexity index is 836. The molecule has 0 amide bonds. The maximum Gasteiger partial charge on any atom is 0.381 e. The molecule has 2 aromatic rings. The topological polar surface area (TPSA) is 34.0 Å². The number of benzene rings is 2. The van der Waals surface area contributed by atoms with Crippen LogP contribution in [0.3, 0.4) is 0 Å². The van der Waals surface area contributed by atoms with E-state index >= 15 is 0 Å². The molecule has 0 fully saturated rings. The standard InChI is InChI=1S/C18H14F8N2O/c1-11-2-4-12(5-3-11)27-28-13-6-8-14(9-7-13)29-10-16(21,22)18(25,26)17(23,24)15(19)20/h2-9,15H,10H2,1H3/b28-27+. The molecule has 3 nitrogen and oxygen atoms in total. The average molecular weight is 426 g/mol. The van der Waals surface area contributed by atoms with Crippen LogP contribution < -0.4 is 4.74 Å². The molecule has 0 radical (unpaired) electrons. The van der Waals surface area contributed by atoms with Gasteiger partial charge in [-0.3, -0.25) is 0 Å². The van der Waals surface area contributed by atoms with Crippen molar-refractivity contribution in [2.75, 3.05) is 6.61 Å². The number of ether oxygens (including phenoxy) is 1. The molecule has 2 aromatic carbocycles. The minimum absolute atomic E-state index is 0.263. The van der Waals surface area contributed by atoms with Crippen LogP contribution in [0.25, 0.3) is 0 Å². The van der Waals surface area contributed by atoms with Gasteiger partial charge in [-0.05, 0) is 43.3 Å². The number of azo groups is 1. The van der Waals surface area contributed by atoms with Gasteiger partial charge in [0.25, 0.3) is 0 Å². The minimum Gasteiger partial charge on any atom is -0.487 e. The molecule has 0 aliphatic rings. The van der Waals surface area contributed by atoms with Gasteiger partial charge in [0.15, 0.2) is 6.61 Å². The Hall–Kier alpha value is -2.72. The van der Waals surface area contributed by atoms with Crippen LogP contribution in [0.5, 0.6) is 5.75 Å². The van der Waals surface area contributed by atoms with Gasteiger partial charge < -0.3 is 4.74 Å². The molecule has 0 saturated heterocycles. The van der Waals surface area contributed by atoms with Gasteiger partial charge >= 0.3 is 24.2 Å². The Morgan fingerprint density at radius 1 is 0.793 bits per heavy atom. The van der Waals surface area contributed by atoms with Crippen molar-refractivity contribution in [3.8, 4) is 5.75 Å². The molecule has 0 saturated carbocycles.